The van der Waals surface area contributed by atoms with Gasteiger partial charge >= 0.3 is 11.9 Å². The lowest BCUT2D eigenvalue weighted by Crippen LogP contribution is -2.16. The first-order valence-corrected chi connectivity index (χ1v) is 7.46. The number of carboxylic acid groups (broad SMARTS) is 1. The summed E-state index contributed by atoms with van der Waals surface area (Å²) in [6.45, 7) is 0. The Morgan fingerprint density at radius 3 is 2.45 bits per heavy atom. The molecule has 1 atom stereocenters. The van der Waals surface area contributed by atoms with Crippen LogP contribution in [0.4, 0.5) is 0 Å². The Morgan fingerprint density at radius 2 is 1.86 bits per heavy atom. The van der Waals surface area contributed by atoms with Crippen LogP contribution >= 0.6 is 15.9 Å². The quantitative estimate of drug-likeness (QED) is 0.824. The van der Waals surface area contributed by atoms with E-state index in [9.17, 15) is 14.7 Å². The van der Waals surface area contributed by atoms with Crippen LogP contribution in [-0.4, -0.2) is 24.2 Å². The van der Waals surface area contributed by atoms with Crippen molar-refractivity contribution in [3.8, 4) is 0 Å². The molecular weight excluding hydrogens is 348 g/mol. The molecule has 0 radical (unpaired) electrons. The number of carboxylic acids is 1. The van der Waals surface area contributed by atoms with Crippen molar-refractivity contribution in [2.75, 3.05) is 7.11 Å². The molecule has 0 aliphatic heterocycles. The van der Waals surface area contributed by atoms with Crippen molar-refractivity contribution in [3.63, 3.8) is 0 Å². The molecule has 2 aromatic carbocycles. The van der Waals surface area contributed by atoms with Gasteiger partial charge in [-0.05, 0) is 29.7 Å². The largest absolute Gasteiger partial charge is 0.481 e. The number of carbonyl (C=O) groups is 2. The Balaban J connectivity index is 2.39. The minimum Gasteiger partial charge on any atom is -0.481 e. The van der Waals surface area contributed by atoms with Crippen LogP contribution in [0.5, 0.6) is 0 Å². The summed E-state index contributed by atoms with van der Waals surface area (Å²) in [5.74, 6) is -2.12. The Kier molecular flexibility index (Phi) is 5.33. The molecular formula is C17H15BrO4. The molecule has 0 saturated heterocycles. The molecule has 0 aliphatic rings. The molecule has 0 heterocycles. The van der Waals surface area contributed by atoms with Gasteiger partial charge in [-0.2, -0.15) is 0 Å². The number of methoxy groups -OCH3 is 1. The highest BCUT2D eigenvalue weighted by atomic mass is 79.9. The number of hydrogen-bond acceptors (Lipinski definition) is 3. The number of ether oxygens (including phenoxy) is 1. The number of esters is 1. The summed E-state index contributed by atoms with van der Waals surface area (Å²) < 4.78 is 5.51. The lowest BCUT2D eigenvalue weighted by molar-refractivity contribution is -0.138. The smallest absolute Gasteiger partial charge is 0.338 e. The lowest BCUT2D eigenvalue weighted by Gasteiger charge is -2.15. The molecule has 1 N–H and O–H groups in total. The molecule has 0 saturated carbocycles. The SMILES string of the molecule is COC(=O)c1cc(Br)ccc1CC(C(=O)O)c1ccccc1. The molecule has 0 spiro atoms. The summed E-state index contributed by atoms with van der Waals surface area (Å²) in [6.07, 6.45) is 0.219. The summed E-state index contributed by atoms with van der Waals surface area (Å²) in [6, 6.07) is 14.2. The number of carbonyl (C=O) groups excluding carboxylic acids is 1. The second-order valence-corrected chi connectivity index (χ2v) is 5.71. The van der Waals surface area contributed by atoms with Gasteiger partial charge in [0.1, 0.15) is 0 Å². The predicted octanol–water partition coefficient (Wildman–Crippen LogP) is 3.65. The van der Waals surface area contributed by atoms with Gasteiger partial charge < -0.3 is 9.84 Å². The molecule has 2 aromatic rings. The molecule has 2 rings (SSSR count). The Hall–Kier alpha value is -2.14. The predicted molar refractivity (Wildman–Crippen MR) is 86.0 cm³/mol. The van der Waals surface area contributed by atoms with Crippen molar-refractivity contribution in [2.24, 2.45) is 0 Å². The van der Waals surface area contributed by atoms with E-state index >= 15 is 0 Å². The van der Waals surface area contributed by atoms with Crippen LogP contribution in [0.3, 0.4) is 0 Å². The number of hydrogen-bond donors (Lipinski definition) is 1. The standard InChI is InChI=1S/C17H15BrO4/c1-22-17(21)15-10-13(18)8-7-12(15)9-14(16(19)20)11-5-3-2-4-6-11/h2-8,10,14H,9H2,1H3,(H,19,20). The van der Waals surface area contributed by atoms with E-state index in [2.05, 4.69) is 15.9 Å². The Labute approximate surface area is 136 Å². The van der Waals surface area contributed by atoms with Gasteiger partial charge in [0, 0.05) is 4.47 Å². The van der Waals surface area contributed by atoms with E-state index in [1.165, 1.54) is 7.11 Å². The summed E-state index contributed by atoms with van der Waals surface area (Å²) in [5, 5.41) is 9.50. The maximum absolute atomic E-state index is 11.9. The maximum atomic E-state index is 11.9. The first-order chi connectivity index (χ1) is 10.5. The van der Waals surface area contributed by atoms with E-state index in [-0.39, 0.29) is 6.42 Å². The van der Waals surface area contributed by atoms with Crippen LogP contribution in [0, 0.1) is 0 Å². The summed E-state index contributed by atoms with van der Waals surface area (Å²) in [7, 11) is 1.30. The number of aliphatic carboxylic acids is 1. The van der Waals surface area contributed by atoms with Crippen LogP contribution in [0.2, 0.25) is 0 Å². The average Bonchev–Trinajstić information content (AvgIpc) is 2.53. The van der Waals surface area contributed by atoms with Gasteiger partial charge in [0.15, 0.2) is 0 Å². The third-order valence-corrected chi connectivity index (χ3v) is 3.89. The second kappa shape index (κ2) is 7.22. The molecule has 0 fully saturated rings. The van der Waals surface area contributed by atoms with Crippen LogP contribution in [0.1, 0.15) is 27.4 Å². The molecule has 114 valence electrons. The highest BCUT2D eigenvalue weighted by molar-refractivity contribution is 9.10. The molecule has 22 heavy (non-hydrogen) atoms. The normalized spacial score (nSPS) is 11.7. The zero-order valence-electron chi connectivity index (χ0n) is 12.0. The Bertz CT molecular complexity index is 682. The van der Waals surface area contributed by atoms with Gasteiger partial charge in [-0.3, -0.25) is 4.79 Å². The van der Waals surface area contributed by atoms with Crippen molar-refractivity contribution < 1.29 is 19.4 Å². The van der Waals surface area contributed by atoms with Crippen LogP contribution in [0.25, 0.3) is 0 Å². The van der Waals surface area contributed by atoms with E-state index < -0.39 is 17.9 Å². The molecule has 0 bridgehead atoms. The number of rotatable bonds is 5. The first-order valence-electron chi connectivity index (χ1n) is 6.67. The fraction of sp³-hybridized carbons (Fsp3) is 0.176. The zero-order valence-corrected chi connectivity index (χ0v) is 13.5. The fourth-order valence-corrected chi connectivity index (χ4v) is 2.64. The zero-order chi connectivity index (χ0) is 16.1. The number of halogens is 1. The highest BCUT2D eigenvalue weighted by Crippen LogP contribution is 2.25. The van der Waals surface area contributed by atoms with E-state index in [0.29, 0.717) is 16.7 Å². The third-order valence-electron chi connectivity index (χ3n) is 3.40. The van der Waals surface area contributed by atoms with Gasteiger partial charge in [-0.15, -0.1) is 0 Å². The van der Waals surface area contributed by atoms with Gasteiger partial charge in [-0.1, -0.05) is 52.3 Å². The minimum atomic E-state index is -0.926. The first kappa shape index (κ1) is 16.2. The minimum absolute atomic E-state index is 0.219. The molecule has 0 aliphatic carbocycles. The topological polar surface area (TPSA) is 63.6 Å². The molecule has 0 aromatic heterocycles. The second-order valence-electron chi connectivity index (χ2n) is 4.80. The van der Waals surface area contributed by atoms with Crippen LogP contribution in [-0.2, 0) is 16.0 Å². The van der Waals surface area contributed by atoms with Crippen molar-refractivity contribution in [1.82, 2.24) is 0 Å². The molecule has 1 unspecified atom stereocenters. The van der Waals surface area contributed by atoms with Gasteiger partial charge in [-0.25, -0.2) is 4.79 Å². The molecule has 5 heteroatoms. The highest BCUT2D eigenvalue weighted by Gasteiger charge is 2.23. The third kappa shape index (κ3) is 3.74. The van der Waals surface area contributed by atoms with E-state index in [1.54, 1.807) is 42.5 Å². The van der Waals surface area contributed by atoms with Crippen molar-refractivity contribution in [1.29, 1.82) is 0 Å². The summed E-state index contributed by atoms with van der Waals surface area (Å²) >= 11 is 3.31. The fourth-order valence-electron chi connectivity index (χ4n) is 2.28. The Morgan fingerprint density at radius 1 is 1.18 bits per heavy atom. The van der Waals surface area contributed by atoms with Gasteiger partial charge in [0.05, 0.1) is 18.6 Å². The monoisotopic (exact) mass is 362 g/mol. The maximum Gasteiger partial charge on any atom is 0.338 e. The van der Waals surface area contributed by atoms with Crippen LogP contribution < -0.4 is 0 Å². The number of benzene rings is 2. The lowest BCUT2D eigenvalue weighted by atomic mass is 9.90. The van der Waals surface area contributed by atoms with Crippen molar-refractivity contribution in [3.05, 3.63) is 69.7 Å². The van der Waals surface area contributed by atoms with E-state index in [1.807, 2.05) is 6.07 Å². The van der Waals surface area contributed by atoms with Gasteiger partial charge in [0.25, 0.3) is 0 Å². The summed E-state index contributed by atoms with van der Waals surface area (Å²) in [4.78, 5) is 23.5. The van der Waals surface area contributed by atoms with Crippen molar-refractivity contribution >= 4 is 27.9 Å². The van der Waals surface area contributed by atoms with E-state index in [0.717, 1.165) is 4.47 Å². The average molecular weight is 363 g/mol. The summed E-state index contributed by atoms with van der Waals surface area (Å²) in [5.41, 5.74) is 1.72. The molecule has 4 nitrogen and oxygen atoms in total. The van der Waals surface area contributed by atoms with Gasteiger partial charge in [0.2, 0.25) is 0 Å². The van der Waals surface area contributed by atoms with Crippen molar-refractivity contribution in [2.45, 2.75) is 12.3 Å². The van der Waals surface area contributed by atoms with E-state index in [4.69, 9.17) is 4.74 Å². The molecule has 0 amide bonds. The van der Waals surface area contributed by atoms with Crippen LogP contribution in [0.15, 0.2) is 53.0 Å².